The lowest BCUT2D eigenvalue weighted by atomic mass is 9.76. The summed E-state index contributed by atoms with van der Waals surface area (Å²) < 4.78 is 2.24. The fourth-order valence-corrected chi connectivity index (χ4v) is 2.72. The molecule has 96 valence electrons. The van der Waals surface area contributed by atoms with E-state index in [2.05, 4.69) is 30.5 Å². The van der Waals surface area contributed by atoms with Crippen LogP contribution in [-0.4, -0.2) is 10.4 Å². The lowest BCUT2D eigenvalue weighted by Gasteiger charge is -2.29. The number of hydrogen-bond acceptors (Lipinski definition) is 1. The second-order valence-electron chi connectivity index (χ2n) is 5.97. The van der Waals surface area contributed by atoms with Crippen LogP contribution < -0.4 is 0 Å². The van der Waals surface area contributed by atoms with Gasteiger partial charge < -0.3 is 4.57 Å². The van der Waals surface area contributed by atoms with Crippen molar-refractivity contribution in [3.05, 3.63) is 23.5 Å². The van der Waals surface area contributed by atoms with Crippen molar-refractivity contribution >= 4 is 5.78 Å². The summed E-state index contributed by atoms with van der Waals surface area (Å²) >= 11 is 0. The third-order valence-corrected chi connectivity index (χ3v) is 3.63. The first kappa shape index (κ1) is 13.0. The summed E-state index contributed by atoms with van der Waals surface area (Å²) in [5, 5.41) is 0. The first-order valence-electron chi connectivity index (χ1n) is 6.68. The molecule has 1 aliphatic carbocycles. The van der Waals surface area contributed by atoms with Crippen molar-refractivity contribution in [2.45, 2.75) is 52.5 Å². The van der Waals surface area contributed by atoms with Gasteiger partial charge in [0, 0.05) is 36.8 Å². The molecule has 18 heavy (non-hydrogen) atoms. The van der Waals surface area contributed by atoms with Crippen LogP contribution in [0.15, 0.2) is 12.3 Å². The van der Waals surface area contributed by atoms with Crippen LogP contribution in [0.1, 0.15) is 55.6 Å². The van der Waals surface area contributed by atoms with Crippen molar-refractivity contribution in [2.75, 3.05) is 0 Å². The number of hydrogen-bond donors (Lipinski definition) is 0. The number of fused-ring (bicyclic) bond motifs is 1. The average molecular weight is 243 g/mol. The van der Waals surface area contributed by atoms with Crippen LogP contribution in [0, 0.1) is 17.8 Å². The zero-order valence-corrected chi connectivity index (χ0v) is 11.3. The lowest BCUT2D eigenvalue weighted by molar-refractivity contribution is 0.0910. The number of terminal acetylenes is 1. The maximum atomic E-state index is 12.1. The minimum atomic E-state index is 0.0962. The number of aryl methyl sites for hydroxylation is 1. The van der Waals surface area contributed by atoms with E-state index in [1.807, 2.05) is 6.07 Å². The van der Waals surface area contributed by atoms with E-state index in [4.69, 9.17) is 6.42 Å². The topological polar surface area (TPSA) is 22.0 Å². The molecule has 1 aromatic rings. The summed E-state index contributed by atoms with van der Waals surface area (Å²) in [6.07, 6.45) is 12.0. The predicted molar refractivity (Wildman–Crippen MR) is 73.5 cm³/mol. The van der Waals surface area contributed by atoms with Gasteiger partial charge in [-0.1, -0.05) is 13.8 Å². The molecule has 0 atom stereocenters. The SMILES string of the molecule is C#CCCCCn1ccc2c1CC(C)(C)CC2=O. The molecular weight excluding hydrogens is 222 g/mol. The summed E-state index contributed by atoms with van der Waals surface area (Å²) in [4.78, 5) is 12.1. The highest BCUT2D eigenvalue weighted by Gasteiger charge is 2.32. The zero-order valence-electron chi connectivity index (χ0n) is 11.3. The summed E-state index contributed by atoms with van der Waals surface area (Å²) in [5.74, 6) is 2.96. The number of unbranched alkanes of at least 4 members (excludes halogenated alkanes) is 2. The molecule has 1 aliphatic rings. The third kappa shape index (κ3) is 2.67. The minimum Gasteiger partial charge on any atom is -0.351 e. The Balaban J connectivity index is 2.11. The number of nitrogens with zero attached hydrogens (tertiary/aromatic N) is 1. The standard InChI is InChI=1S/C16H21NO/c1-4-5-6-7-9-17-10-8-13-14(17)11-16(2,3)12-15(13)18/h1,8,10H,5-7,9,11-12H2,2-3H3. The van der Waals surface area contributed by atoms with E-state index in [-0.39, 0.29) is 5.41 Å². The van der Waals surface area contributed by atoms with Gasteiger partial charge >= 0.3 is 0 Å². The molecule has 1 heterocycles. The Bertz CT molecular complexity index is 488. The molecule has 0 amide bonds. The van der Waals surface area contributed by atoms with Crippen LogP contribution in [-0.2, 0) is 13.0 Å². The van der Waals surface area contributed by atoms with Gasteiger partial charge in [0.2, 0.25) is 0 Å². The molecule has 0 spiro atoms. The molecule has 0 radical (unpaired) electrons. The summed E-state index contributed by atoms with van der Waals surface area (Å²) in [5.41, 5.74) is 2.25. The Morgan fingerprint density at radius 1 is 1.39 bits per heavy atom. The molecule has 0 unspecified atom stereocenters. The second-order valence-corrected chi connectivity index (χ2v) is 5.97. The number of Topliss-reactive ketones (excluding diaryl/α,β-unsaturated/α-hetero) is 1. The minimum absolute atomic E-state index is 0.0962. The fraction of sp³-hybridized carbons (Fsp3) is 0.562. The molecule has 2 nitrogen and oxygen atoms in total. The monoisotopic (exact) mass is 243 g/mol. The van der Waals surface area contributed by atoms with Gasteiger partial charge in [0.1, 0.15) is 0 Å². The first-order chi connectivity index (χ1) is 8.53. The van der Waals surface area contributed by atoms with Crippen molar-refractivity contribution in [3.8, 4) is 12.3 Å². The molecule has 1 aromatic heterocycles. The van der Waals surface area contributed by atoms with Gasteiger partial charge in [-0.3, -0.25) is 4.79 Å². The number of carbonyl (C=O) groups is 1. The number of aromatic nitrogens is 1. The van der Waals surface area contributed by atoms with E-state index in [1.54, 1.807) is 0 Å². The smallest absolute Gasteiger partial charge is 0.165 e. The Kier molecular flexibility index (Phi) is 3.61. The maximum Gasteiger partial charge on any atom is 0.165 e. The van der Waals surface area contributed by atoms with Crippen molar-refractivity contribution in [1.82, 2.24) is 4.57 Å². The lowest BCUT2D eigenvalue weighted by Crippen LogP contribution is -2.28. The van der Waals surface area contributed by atoms with Gasteiger partial charge in [0.15, 0.2) is 5.78 Å². The number of carbonyl (C=O) groups excluding carboxylic acids is 1. The van der Waals surface area contributed by atoms with Crippen LogP contribution in [0.2, 0.25) is 0 Å². The van der Waals surface area contributed by atoms with E-state index in [9.17, 15) is 4.79 Å². The fourth-order valence-electron chi connectivity index (χ4n) is 2.72. The van der Waals surface area contributed by atoms with Crippen LogP contribution >= 0.6 is 0 Å². The second kappa shape index (κ2) is 5.02. The van der Waals surface area contributed by atoms with Gasteiger partial charge in [-0.25, -0.2) is 0 Å². The van der Waals surface area contributed by atoms with Crippen LogP contribution in [0.3, 0.4) is 0 Å². The molecule has 2 heteroatoms. The highest BCUT2D eigenvalue weighted by Crippen LogP contribution is 2.35. The van der Waals surface area contributed by atoms with Gasteiger partial charge in [-0.2, -0.15) is 0 Å². The van der Waals surface area contributed by atoms with Crippen molar-refractivity contribution < 1.29 is 4.79 Å². The van der Waals surface area contributed by atoms with Crippen molar-refractivity contribution in [3.63, 3.8) is 0 Å². The molecule has 0 aliphatic heterocycles. The van der Waals surface area contributed by atoms with Gasteiger partial charge in [-0.05, 0) is 30.7 Å². The van der Waals surface area contributed by atoms with Crippen LogP contribution in [0.5, 0.6) is 0 Å². The average Bonchev–Trinajstić information content (AvgIpc) is 2.66. The largest absolute Gasteiger partial charge is 0.351 e. The Hall–Kier alpha value is -1.49. The van der Waals surface area contributed by atoms with Crippen LogP contribution in [0.25, 0.3) is 0 Å². The van der Waals surface area contributed by atoms with E-state index in [0.29, 0.717) is 12.2 Å². The van der Waals surface area contributed by atoms with E-state index >= 15 is 0 Å². The number of rotatable bonds is 4. The summed E-state index contributed by atoms with van der Waals surface area (Å²) in [6, 6.07) is 1.98. The first-order valence-corrected chi connectivity index (χ1v) is 6.68. The normalized spacial score (nSPS) is 17.3. The maximum absolute atomic E-state index is 12.1. The molecule has 0 saturated heterocycles. The van der Waals surface area contributed by atoms with E-state index < -0.39 is 0 Å². The quantitative estimate of drug-likeness (QED) is 0.586. The molecular formula is C16H21NO. The van der Waals surface area contributed by atoms with Gasteiger partial charge in [0.05, 0.1) is 0 Å². The molecule has 0 aromatic carbocycles. The third-order valence-electron chi connectivity index (χ3n) is 3.63. The summed E-state index contributed by atoms with van der Waals surface area (Å²) in [6.45, 7) is 5.31. The van der Waals surface area contributed by atoms with E-state index in [1.165, 1.54) is 5.69 Å². The van der Waals surface area contributed by atoms with Crippen molar-refractivity contribution in [1.29, 1.82) is 0 Å². The highest BCUT2D eigenvalue weighted by atomic mass is 16.1. The molecule has 2 rings (SSSR count). The Morgan fingerprint density at radius 2 is 2.17 bits per heavy atom. The molecule has 0 saturated carbocycles. The Labute approximate surface area is 109 Å². The van der Waals surface area contributed by atoms with Crippen LogP contribution in [0.4, 0.5) is 0 Å². The molecule has 0 N–H and O–H groups in total. The van der Waals surface area contributed by atoms with E-state index in [0.717, 1.165) is 37.8 Å². The highest BCUT2D eigenvalue weighted by molar-refractivity contribution is 5.98. The summed E-state index contributed by atoms with van der Waals surface area (Å²) in [7, 11) is 0. The van der Waals surface area contributed by atoms with Crippen molar-refractivity contribution in [2.24, 2.45) is 5.41 Å². The number of ketones is 1. The predicted octanol–water partition coefficient (Wildman–Crippen LogP) is 3.45. The zero-order chi connectivity index (χ0) is 13.2. The molecule has 0 fully saturated rings. The molecule has 0 bridgehead atoms. The van der Waals surface area contributed by atoms with Gasteiger partial charge in [0.25, 0.3) is 0 Å². The Morgan fingerprint density at radius 3 is 2.89 bits per heavy atom. The van der Waals surface area contributed by atoms with Gasteiger partial charge in [-0.15, -0.1) is 12.3 Å².